The second-order valence-electron chi connectivity index (χ2n) is 8.84. The summed E-state index contributed by atoms with van der Waals surface area (Å²) in [5, 5.41) is 5.11. The maximum Gasteiger partial charge on any atom is 0.247 e. The van der Waals surface area contributed by atoms with E-state index in [9.17, 15) is 26.8 Å². The lowest BCUT2D eigenvalue weighted by atomic mass is 9.95. The Bertz CT molecular complexity index is 1150. The van der Waals surface area contributed by atoms with E-state index in [0.29, 0.717) is 18.9 Å². The minimum atomic E-state index is -3.64. The number of amides is 2. The maximum absolute atomic E-state index is 13.9. The van der Waals surface area contributed by atoms with Crippen LogP contribution >= 0.6 is 0 Å². The third kappa shape index (κ3) is 5.98. The quantitative estimate of drug-likeness (QED) is 0.618. The van der Waals surface area contributed by atoms with Crippen LogP contribution in [0.2, 0.25) is 0 Å². The number of nitrogens with zero attached hydrogens (tertiary/aromatic N) is 1. The highest BCUT2D eigenvalue weighted by atomic mass is 32.2. The molecule has 0 spiro atoms. The van der Waals surface area contributed by atoms with Crippen molar-refractivity contribution >= 4 is 27.5 Å². The second kappa shape index (κ2) is 10.6. The first-order chi connectivity index (χ1) is 16.0. The van der Waals surface area contributed by atoms with Crippen LogP contribution in [-0.2, 0) is 19.6 Å². The van der Waals surface area contributed by atoms with Crippen LogP contribution in [0.4, 0.5) is 14.5 Å². The van der Waals surface area contributed by atoms with Crippen molar-refractivity contribution < 1.29 is 26.8 Å². The number of piperidine rings is 1. The average molecular weight is 494 g/mol. The molecule has 184 valence electrons. The van der Waals surface area contributed by atoms with E-state index >= 15 is 0 Å². The Kier molecular flexibility index (Phi) is 8.04. The highest BCUT2D eigenvalue weighted by Crippen LogP contribution is 2.25. The van der Waals surface area contributed by atoms with Crippen LogP contribution in [0.3, 0.4) is 0 Å². The third-order valence-electron chi connectivity index (χ3n) is 5.92. The van der Waals surface area contributed by atoms with E-state index in [-0.39, 0.29) is 35.5 Å². The SMILES string of the molecule is Cc1ccc(S(=O)(=O)N2CCC(C(=O)NC(C(=O)Nc3ccc(F)cc3F)C(C)C)CC2)cc1. The van der Waals surface area contributed by atoms with Gasteiger partial charge in [-0.05, 0) is 49.9 Å². The van der Waals surface area contributed by atoms with E-state index < -0.39 is 39.5 Å². The largest absolute Gasteiger partial charge is 0.344 e. The number of carbonyl (C=O) groups is 2. The number of anilines is 1. The highest BCUT2D eigenvalue weighted by Gasteiger charge is 2.34. The zero-order valence-electron chi connectivity index (χ0n) is 19.3. The number of carbonyl (C=O) groups excluding carboxylic acids is 2. The van der Waals surface area contributed by atoms with Crippen LogP contribution < -0.4 is 10.6 Å². The van der Waals surface area contributed by atoms with Gasteiger partial charge in [-0.3, -0.25) is 9.59 Å². The number of rotatable bonds is 7. The normalized spacial score (nSPS) is 16.3. The summed E-state index contributed by atoms with van der Waals surface area (Å²) in [5.41, 5.74) is 0.779. The molecule has 3 rings (SSSR count). The fourth-order valence-electron chi connectivity index (χ4n) is 3.83. The fraction of sp³-hybridized carbons (Fsp3) is 0.417. The van der Waals surface area contributed by atoms with Gasteiger partial charge in [0, 0.05) is 25.1 Å². The third-order valence-corrected chi connectivity index (χ3v) is 7.83. The fourth-order valence-corrected chi connectivity index (χ4v) is 5.29. The zero-order valence-corrected chi connectivity index (χ0v) is 20.2. The molecule has 2 aromatic rings. The van der Waals surface area contributed by atoms with Crippen LogP contribution in [0.15, 0.2) is 47.4 Å². The van der Waals surface area contributed by atoms with Gasteiger partial charge in [-0.2, -0.15) is 4.31 Å². The number of benzene rings is 2. The van der Waals surface area contributed by atoms with Crippen LogP contribution in [0.25, 0.3) is 0 Å². The van der Waals surface area contributed by atoms with Crippen molar-refractivity contribution in [2.45, 2.75) is 44.6 Å². The smallest absolute Gasteiger partial charge is 0.247 e. The van der Waals surface area contributed by atoms with Crippen LogP contribution in [0.5, 0.6) is 0 Å². The molecule has 0 bridgehead atoms. The number of hydrogen-bond donors (Lipinski definition) is 2. The summed E-state index contributed by atoms with van der Waals surface area (Å²) in [6, 6.07) is 8.48. The molecule has 34 heavy (non-hydrogen) atoms. The molecule has 1 unspecified atom stereocenters. The Morgan fingerprint density at radius 3 is 2.21 bits per heavy atom. The molecule has 1 heterocycles. The molecule has 0 saturated carbocycles. The van der Waals surface area contributed by atoms with Crippen molar-refractivity contribution in [2.24, 2.45) is 11.8 Å². The molecule has 0 aliphatic carbocycles. The summed E-state index contributed by atoms with van der Waals surface area (Å²) in [7, 11) is -3.64. The minimum absolute atomic E-state index is 0.180. The Balaban J connectivity index is 1.61. The average Bonchev–Trinajstić information content (AvgIpc) is 2.79. The predicted octanol–water partition coefficient (Wildman–Crippen LogP) is 3.45. The Hall–Kier alpha value is -2.85. The molecule has 1 atom stereocenters. The molecule has 2 aromatic carbocycles. The summed E-state index contributed by atoms with van der Waals surface area (Å²) in [5.74, 6) is -3.41. The van der Waals surface area contributed by atoms with Gasteiger partial charge in [0.2, 0.25) is 21.8 Å². The van der Waals surface area contributed by atoms with Gasteiger partial charge < -0.3 is 10.6 Å². The summed E-state index contributed by atoms with van der Waals surface area (Å²) < 4.78 is 54.1. The van der Waals surface area contributed by atoms with Gasteiger partial charge in [0.25, 0.3) is 0 Å². The molecular formula is C24H29F2N3O4S. The molecule has 7 nitrogen and oxygen atoms in total. The van der Waals surface area contributed by atoms with Crippen molar-refractivity contribution in [1.82, 2.24) is 9.62 Å². The van der Waals surface area contributed by atoms with Gasteiger partial charge in [0.05, 0.1) is 10.6 Å². The Morgan fingerprint density at radius 1 is 1.03 bits per heavy atom. The summed E-state index contributed by atoms with van der Waals surface area (Å²) >= 11 is 0. The highest BCUT2D eigenvalue weighted by molar-refractivity contribution is 7.89. The van der Waals surface area contributed by atoms with Crippen LogP contribution in [-0.4, -0.2) is 43.7 Å². The van der Waals surface area contributed by atoms with Crippen molar-refractivity contribution in [2.75, 3.05) is 18.4 Å². The lowest BCUT2D eigenvalue weighted by Gasteiger charge is -2.32. The van der Waals surface area contributed by atoms with Gasteiger partial charge in [-0.15, -0.1) is 0 Å². The van der Waals surface area contributed by atoms with Gasteiger partial charge >= 0.3 is 0 Å². The zero-order chi connectivity index (χ0) is 25.0. The monoisotopic (exact) mass is 493 g/mol. The lowest BCUT2D eigenvalue weighted by molar-refractivity contribution is -0.130. The summed E-state index contributed by atoms with van der Waals surface area (Å²) in [6.07, 6.45) is 0.631. The van der Waals surface area contributed by atoms with E-state index in [1.54, 1.807) is 38.1 Å². The molecular weight excluding hydrogens is 464 g/mol. The first-order valence-corrected chi connectivity index (χ1v) is 12.6. The Morgan fingerprint density at radius 2 is 1.65 bits per heavy atom. The topological polar surface area (TPSA) is 95.6 Å². The number of nitrogens with one attached hydrogen (secondary N) is 2. The van der Waals surface area contributed by atoms with Gasteiger partial charge in [0.15, 0.2) is 0 Å². The van der Waals surface area contributed by atoms with Gasteiger partial charge in [-0.1, -0.05) is 31.5 Å². The van der Waals surface area contributed by atoms with Crippen molar-refractivity contribution in [3.8, 4) is 0 Å². The molecule has 1 aliphatic heterocycles. The molecule has 1 fully saturated rings. The maximum atomic E-state index is 13.9. The van der Waals surface area contributed by atoms with Gasteiger partial charge in [-0.25, -0.2) is 17.2 Å². The predicted molar refractivity (Wildman–Crippen MR) is 124 cm³/mol. The van der Waals surface area contributed by atoms with E-state index in [4.69, 9.17) is 0 Å². The molecule has 1 aliphatic rings. The summed E-state index contributed by atoms with van der Waals surface area (Å²) in [6.45, 7) is 5.73. The minimum Gasteiger partial charge on any atom is -0.344 e. The molecule has 10 heteroatoms. The van der Waals surface area contributed by atoms with Crippen molar-refractivity contribution in [3.63, 3.8) is 0 Å². The number of halogens is 2. The molecule has 0 radical (unpaired) electrons. The summed E-state index contributed by atoms with van der Waals surface area (Å²) in [4.78, 5) is 25.8. The van der Waals surface area contributed by atoms with Crippen LogP contribution in [0.1, 0.15) is 32.3 Å². The second-order valence-corrected chi connectivity index (χ2v) is 10.8. The standard InChI is InChI=1S/C24H29F2N3O4S/c1-15(2)22(24(31)27-21-9-6-18(25)14-20(21)26)28-23(30)17-10-12-29(13-11-17)34(32,33)19-7-4-16(3)5-8-19/h4-9,14-15,17,22H,10-13H2,1-3H3,(H,27,31)(H,28,30). The van der Waals surface area contributed by atoms with Gasteiger partial charge in [0.1, 0.15) is 17.7 Å². The molecule has 2 amide bonds. The van der Waals surface area contributed by atoms with E-state index in [1.165, 1.54) is 4.31 Å². The number of aryl methyl sites for hydroxylation is 1. The first kappa shape index (κ1) is 25.8. The number of hydrogen-bond acceptors (Lipinski definition) is 4. The lowest BCUT2D eigenvalue weighted by Crippen LogP contribution is -2.51. The molecule has 2 N–H and O–H groups in total. The first-order valence-electron chi connectivity index (χ1n) is 11.1. The number of sulfonamides is 1. The van der Waals surface area contributed by atoms with Crippen molar-refractivity contribution in [3.05, 3.63) is 59.7 Å². The van der Waals surface area contributed by atoms with Crippen LogP contribution in [0, 0.1) is 30.4 Å². The van der Waals surface area contributed by atoms with E-state index in [2.05, 4.69) is 10.6 Å². The Labute approximate surface area is 198 Å². The van der Waals surface area contributed by atoms with E-state index in [1.807, 2.05) is 6.92 Å². The van der Waals surface area contributed by atoms with Crippen molar-refractivity contribution in [1.29, 1.82) is 0 Å². The van der Waals surface area contributed by atoms with E-state index in [0.717, 1.165) is 17.7 Å². The molecule has 1 saturated heterocycles. The molecule has 0 aromatic heterocycles.